The minimum Gasteiger partial charge on any atom is -1.00 e. The smallest absolute Gasteiger partial charge is 0.231 e. The fraction of sp³-hybridized carbons (Fsp3) is 0.308. The number of imidazole rings is 1. The molecule has 0 aliphatic carbocycles. The molecule has 0 fully saturated rings. The number of rotatable bonds is 5. The first kappa shape index (κ1) is 22.3. The van der Waals surface area contributed by atoms with Crippen LogP contribution in [0.15, 0.2) is 42.9 Å². The van der Waals surface area contributed by atoms with Gasteiger partial charge in [0.15, 0.2) is 35.7 Å². The number of aryl methyl sites for hydroxylation is 3. The van der Waals surface area contributed by atoms with Crippen molar-refractivity contribution in [1.82, 2.24) is 9.55 Å². The van der Waals surface area contributed by atoms with Crippen LogP contribution in [-0.2, 0) is 25.9 Å². The lowest BCUT2D eigenvalue weighted by Gasteiger charge is -2.18. The van der Waals surface area contributed by atoms with Gasteiger partial charge in [0, 0.05) is 43.2 Å². The Kier molecular flexibility index (Phi) is 5.73. The van der Waals surface area contributed by atoms with Crippen molar-refractivity contribution in [2.45, 2.75) is 39.3 Å². The number of hydrogen-bond donors (Lipinski definition) is 1. The van der Waals surface area contributed by atoms with Crippen molar-refractivity contribution < 1.29 is 36.3 Å². The van der Waals surface area contributed by atoms with E-state index >= 15 is 0 Å². The molecule has 0 bridgehead atoms. The monoisotopic (exact) mass is 479 g/mol. The first-order valence-corrected chi connectivity index (χ1v) is 11.3. The molecule has 0 saturated carbocycles. The molecule has 8 heteroatoms. The number of fused-ring (bicyclic) bond motifs is 5. The van der Waals surface area contributed by atoms with E-state index in [0.717, 1.165) is 70.7 Å². The molecule has 0 saturated heterocycles. The van der Waals surface area contributed by atoms with Gasteiger partial charge in [0.05, 0.1) is 18.1 Å². The number of halogens is 1. The van der Waals surface area contributed by atoms with Crippen LogP contribution in [-0.4, -0.2) is 28.6 Å². The van der Waals surface area contributed by atoms with Gasteiger partial charge >= 0.3 is 0 Å². The third kappa shape index (κ3) is 3.51. The summed E-state index contributed by atoms with van der Waals surface area (Å²) in [5, 5.41) is 12.8. The van der Waals surface area contributed by atoms with E-state index < -0.39 is 0 Å². The summed E-state index contributed by atoms with van der Waals surface area (Å²) in [6, 6.07) is 8.29. The first-order chi connectivity index (χ1) is 16.2. The van der Waals surface area contributed by atoms with E-state index in [0.29, 0.717) is 12.3 Å². The van der Waals surface area contributed by atoms with Crippen LogP contribution in [0.5, 0.6) is 23.0 Å². The van der Waals surface area contributed by atoms with Crippen LogP contribution >= 0.6 is 0 Å². The van der Waals surface area contributed by atoms with Crippen molar-refractivity contribution in [1.29, 1.82) is 0 Å². The fourth-order valence-corrected chi connectivity index (χ4v) is 4.98. The molecule has 34 heavy (non-hydrogen) atoms. The van der Waals surface area contributed by atoms with Crippen molar-refractivity contribution >= 4 is 10.8 Å². The Labute approximate surface area is 203 Å². The number of phenols is 1. The number of hydrogen-bond acceptors (Lipinski definition) is 5. The number of benzene rings is 2. The Morgan fingerprint density at radius 1 is 1.15 bits per heavy atom. The Morgan fingerprint density at radius 2 is 1.97 bits per heavy atom. The van der Waals surface area contributed by atoms with Gasteiger partial charge in [-0.05, 0) is 35.7 Å². The Morgan fingerprint density at radius 3 is 2.76 bits per heavy atom. The standard InChI is InChI=1S/C26H25N3O4.ClH/c1-3-4-25-27-6-8-29(25)13-17-10-24(31-2)26(30)20-14-28-7-5-16-9-22-23(33-15-32-22)12-19(16)21(28)11-18(17)20;/h6,8-12,14H,3-5,7,13,15H2,1-2H3;1H. The zero-order valence-electron chi connectivity index (χ0n) is 19.2. The number of ether oxygens (including phenoxy) is 3. The third-order valence-corrected chi connectivity index (χ3v) is 6.64. The average Bonchev–Trinajstić information content (AvgIpc) is 3.47. The van der Waals surface area contributed by atoms with Crippen molar-refractivity contribution in [3.63, 3.8) is 0 Å². The SMILES string of the molecule is CCCc1nccn1Cc1cc(OC)c(O)c2c[n+]3c(cc12)-c1cc2c(cc1CC3)OCO2.[Cl-]. The topological polar surface area (TPSA) is 69.6 Å². The molecule has 2 aliphatic rings. The molecule has 176 valence electrons. The highest BCUT2D eigenvalue weighted by molar-refractivity contribution is 5.94. The number of aromatic nitrogens is 3. The van der Waals surface area contributed by atoms with Gasteiger partial charge in [0.1, 0.15) is 5.82 Å². The predicted molar refractivity (Wildman–Crippen MR) is 123 cm³/mol. The van der Waals surface area contributed by atoms with Crippen LogP contribution < -0.4 is 31.2 Å². The van der Waals surface area contributed by atoms with Crippen LogP contribution in [0.4, 0.5) is 0 Å². The maximum atomic E-state index is 11.0. The van der Waals surface area contributed by atoms with Gasteiger partial charge in [-0.2, -0.15) is 4.57 Å². The highest BCUT2D eigenvalue weighted by Crippen LogP contribution is 2.42. The van der Waals surface area contributed by atoms with Crippen molar-refractivity contribution in [2.75, 3.05) is 13.9 Å². The van der Waals surface area contributed by atoms with E-state index in [1.165, 1.54) is 5.56 Å². The van der Waals surface area contributed by atoms with Gasteiger partial charge in [-0.1, -0.05) is 6.92 Å². The van der Waals surface area contributed by atoms with Gasteiger partial charge in [-0.15, -0.1) is 0 Å². The first-order valence-electron chi connectivity index (χ1n) is 11.3. The molecule has 2 aliphatic heterocycles. The molecule has 0 amide bonds. The second-order valence-corrected chi connectivity index (χ2v) is 8.60. The summed E-state index contributed by atoms with van der Waals surface area (Å²) in [7, 11) is 1.59. The fourth-order valence-electron chi connectivity index (χ4n) is 4.98. The summed E-state index contributed by atoms with van der Waals surface area (Å²) in [5.74, 6) is 3.30. The molecule has 0 spiro atoms. The highest BCUT2D eigenvalue weighted by Gasteiger charge is 2.29. The van der Waals surface area contributed by atoms with Gasteiger partial charge in [0.25, 0.3) is 0 Å². The quantitative estimate of drug-likeness (QED) is 0.432. The number of pyridine rings is 1. The summed E-state index contributed by atoms with van der Waals surface area (Å²) >= 11 is 0. The van der Waals surface area contributed by atoms with E-state index in [2.05, 4.69) is 39.2 Å². The molecule has 7 nitrogen and oxygen atoms in total. The molecule has 0 unspecified atom stereocenters. The lowest BCUT2D eigenvalue weighted by atomic mass is 9.94. The van der Waals surface area contributed by atoms with Gasteiger partial charge in [-0.25, -0.2) is 4.98 Å². The lowest BCUT2D eigenvalue weighted by molar-refractivity contribution is -0.686. The largest absolute Gasteiger partial charge is 1.00 e. The van der Waals surface area contributed by atoms with Gasteiger partial charge in [0.2, 0.25) is 12.5 Å². The molecule has 1 N–H and O–H groups in total. The van der Waals surface area contributed by atoms with E-state index in [4.69, 9.17) is 14.2 Å². The second kappa shape index (κ2) is 8.72. The molecule has 2 aromatic heterocycles. The van der Waals surface area contributed by atoms with Crippen LogP contribution in [0, 0.1) is 0 Å². The maximum Gasteiger partial charge on any atom is 0.231 e. The molecular weight excluding hydrogens is 454 g/mol. The lowest BCUT2D eigenvalue weighted by Crippen LogP contribution is -3.00. The number of nitrogens with zero attached hydrogens (tertiary/aromatic N) is 3. The normalized spacial score (nSPS) is 13.4. The van der Waals surface area contributed by atoms with Crippen LogP contribution in [0.1, 0.15) is 30.3 Å². The second-order valence-electron chi connectivity index (χ2n) is 8.60. The van der Waals surface area contributed by atoms with E-state index in [-0.39, 0.29) is 24.9 Å². The molecule has 4 heterocycles. The zero-order valence-corrected chi connectivity index (χ0v) is 19.9. The molecule has 6 rings (SSSR count). The highest BCUT2D eigenvalue weighted by atomic mass is 35.5. The summed E-state index contributed by atoms with van der Waals surface area (Å²) in [6.45, 7) is 3.90. The summed E-state index contributed by atoms with van der Waals surface area (Å²) in [6.07, 6.45) is 8.75. The van der Waals surface area contributed by atoms with Crippen molar-refractivity contribution in [2.24, 2.45) is 0 Å². The van der Waals surface area contributed by atoms with Crippen molar-refractivity contribution in [3.05, 3.63) is 59.8 Å². The van der Waals surface area contributed by atoms with Crippen LogP contribution in [0.3, 0.4) is 0 Å². The van der Waals surface area contributed by atoms with Crippen molar-refractivity contribution in [3.8, 4) is 34.3 Å². The minimum absolute atomic E-state index is 0. The zero-order chi connectivity index (χ0) is 22.5. The molecule has 0 atom stereocenters. The summed E-state index contributed by atoms with van der Waals surface area (Å²) in [4.78, 5) is 4.53. The van der Waals surface area contributed by atoms with Gasteiger partial charge in [-0.3, -0.25) is 0 Å². The van der Waals surface area contributed by atoms with Gasteiger partial charge < -0.3 is 36.3 Å². The Balaban J connectivity index is 0.00000241. The Bertz CT molecular complexity index is 1400. The van der Waals surface area contributed by atoms with E-state index in [1.807, 2.05) is 24.7 Å². The minimum atomic E-state index is 0. The molecule has 4 aromatic rings. The Hall–Kier alpha value is -3.45. The summed E-state index contributed by atoms with van der Waals surface area (Å²) in [5.41, 5.74) is 4.57. The van der Waals surface area contributed by atoms with E-state index in [1.54, 1.807) is 7.11 Å². The number of phenolic OH excluding ortho intramolecular Hbond substituents is 1. The number of methoxy groups -OCH3 is 1. The third-order valence-electron chi connectivity index (χ3n) is 6.64. The van der Waals surface area contributed by atoms with Crippen LogP contribution in [0.2, 0.25) is 0 Å². The number of aromatic hydroxyl groups is 1. The molecule has 2 aromatic carbocycles. The molecule has 0 radical (unpaired) electrons. The van der Waals surface area contributed by atoms with Crippen LogP contribution in [0.25, 0.3) is 22.0 Å². The molecular formula is C26H26ClN3O4. The average molecular weight is 480 g/mol. The predicted octanol–water partition coefficient (Wildman–Crippen LogP) is 0.995. The van der Waals surface area contributed by atoms with E-state index in [9.17, 15) is 5.11 Å². The summed E-state index contributed by atoms with van der Waals surface area (Å²) < 4.78 is 21.1. The maximum absolute atomic E-state index is 11.0.